The molecule has 234 valence electrons. The summed E-state index contributed by atoms with van der Waals surface area (Å²) in [6, 6.07) is 58.2. The zero-order valence-corrected chi connectivity index (χ0v) is 28.1. The quantitative estimate of drug-likeness (QED) is 0.164. The summed E-state index contributed by atoms with van der Waals surface area (Å²) < 4.78 is 0. The summed E-state index contributed by atoms with van der Waals surface area (Å²) >= 11 is 0. The molecule has 7 aromatic rings. The Labute approximate surface area is 285 Å². The average molecular weight is 620 g/mol. The predicted molar refractivity (Wildman–Crippen MR) is 206 cm³/mol. The van der Waals surface area contributed by atoms with E-state index < -0.39 is 0 Å². The van der Waals surface area contributed by atoms with Gasteiger partial charge in [0.2, 0.25) is 0 Å². The van der Waals surface area contributed by atoms with Crippen LogP contribution in [-0.2, 0) is 11.8 Å². The highest BCUT2D eigenvalue weighted by atomic mass is 15.1. The molecule has 0 spiro atoms. The van der Waals surface area contributed by atoms with E-state index in [2.05, 4.69) is 183 Å². The first-order chi connectivity index (χ1) is 23.5. The second kappa shape index (κ2) is 12.3. The van der Waals surface area contributed by atoms with Crippen LogP contribution in [0.4, 0.5) is 17.1 Å². The fourth-order valence-electron chi connectivity index (χ4n) is 7.58. The molecule has 1 aliphatic carbocycles. The molecular weight excluding hydrogens is 579 g/mol. The molecule has 0 aliphatic heterocycles. The predicted octanol–water partition coefficient (Wildman–Crippen LogP) is 13.3. The number of hydrogen-bond acceptors (Lipinski definition) is 1. The van der Waals surface area contributed by atoms with E-state index >= 15 is 0 Å². The molecular formula is C47H41N. The first-order valence-corrected chi connectivity index (χ1v) is 17.3. The fraction of sp³-hybridized carbons (Fsp3) is 0.149. The molecule has 0 unspecified atom stereocenters. The van der Waals surface area contributed by atoms with Gasteiger partial charge in [-0.05, 0) is 111 Å². The van der Waals surface area contributed by atoms with Gasteiger partial charge in [-0.15, -0.1) is 0 Å². The molecule has 0 radical (unpaired) electrons. The van der Waals surface area contributed by atoms with Gasteiger partial charge in [-0.25, -0.2) is 0 Å². The number of fused-ring (bicyclic) bond motifs is 4. The Hall–Kier alpha value is -5.40. The van der Waals surface area contributed by atoms with Crippen LogP contribution in [0.3, 0.4) is 0 Å². The van der Waals surface area contributed by atoms with Gasteiger partial charge in [-0.3, -0.25) is 0 Å². The Morgan fingerprint density at radius 2 is 1.12 bits per heavy atom. The molecule has 0 amide bonds. The summed E-state index contributed by atoms with van der Waals surface area (Å²) in [6.45, 7) is 7.05. The smallest absolute Gasteiger partial charge is 0.0540 e. The van der Waals surface area contributed by atoms with Crippen molar-refractivity contribution >= 4 is 27.8 Å². The molecule has 0 fully saturated rings. The van der Waals surface area contributed by atoms with Crippen molar-refractivity contribution in [1.82, 2.24) is 0 Å². The van der Waals surface area contributed by atoms with Gasteiger partial charge in [0.05, 0.1) is 5.69 Å². The Bertz CT molecular complexity index is 2230. The maximum absolute atomic E-state index is 2.46. The lowest BCUT2D eigenvalue weighted by atomic mass is 9.81. The topological polar surface area (TPSA) is 3.24 Å². The molecule has 0 N–H and O–H groups in total. The van der Waals surface area contributed by atoms with Crippen molar-refractivity contribution in [3.05, 3.63) is 174 Å². The molecule has 0 saturated carbocycles. The summed E-state index contributed by atoms with van der Waals surface area (Å²) in [5, 5.41) is 2.67. The first-order valence-electron chi connectivity index (χ1n) is 17.3. The highest BCUT2D eigenvalue weighted by molar-refractivity contribution is 5.95. The van der Waals surface area contributed by atoms with Crippen LogP contribution in [0.25, 0.3) is 44.2 Å². The largest absolute Gasteiger partial charge is 0.310 e. The molecule has 1 nitrogen and oxygen atoms in total. The lowest BCUT2D eigenvalue weighted by Crippen LogP contribution is -2.17. The normalized spacial score (nSPS) is 12.9. The molecule has 0 saturated heterocycles. The summed E-state index contributed by atoms with van der Waals surface area (Å²) in [4.78, 5) is 2.44. The van der Waals surface area contributed by atoms with Crippen LogP contribution in [0.1, 0.15) is 50.3 Å². The van der Waals surface area contributed by atoms with Crippen molar-refractivity contribution in [2.75, 3.05) is 4.90 Å². The van der Waals surface area contributed by atoms with Gasteiger partial charge in [-0.2, -0.15) is 0 Å². The van der Waals surface area contributed by atoms with Crippen LogP contribution >= 0.6 is 0 Å². The summed E-state index contributed by atoms with van der Waals surface area (Å²) in [5.41, 5.74) is 15.1. The zero-order chi connectivity index (χ0) is 32.7. The SMILES string of the molecule is CCCCc1ccc2cc3c(cc2c1)C(C)(C)c1cc(N(c2ccc(-c4ccccc4)cc2)c2ccccc2-c2ccccc2)ccc1-3. The number of anilines is 3. The van der Waals surface area contributed by atoms with Gasteiger partial charge in [0.25, 0.3) is 0 Å². The van der Waals surface area contributed by atoms with E-state index in [1.54, 1.807) is 0 Å². The standard InChI is InChI=1S/C47H41N/c1-4-5-14-33-21-22-37-30-43-42-28-27-40(32-45(42)47(2,3)44(43)31-38(37)29-33)48(39-25-23-35(24-26-39)34-15-8-6-9-16-34)46-20-13-12-19-41(46)36-17-10-7-11-18-36/h6-13,15-32H,4-5,14H2,1-3H3. The van der Waals surface area contributed by atoms with Crippen molar-refractivity contribution in [1.29, 1.82) is 0 Å². The van der Waals surface area contributed by atoms with E-state index in [0.717, 1.165) is 23.5 Å². The molecule has 48 heavy (non-hydrogen) atoms. The van der Waals surface area contributed by atoms with E-state index in [-0.39, 0.29) is 5.41 Å². The van der Waals surface area contributed by atoms with E-state index in [4.69, 9.17) is 0 Å². The molecule has 1 aliphatic rings. The second-order valence-electron chi connectivity index (χ2n) is 13.7. The third kappa shape index (κ3) is 5.30. The van der Waals surface area contributed by atoms with Crippen LogP contribution in [0.15, 0.2) is 158 Å². The number of rotatable bonds is 8. The van der Waals surface area contributed by atoms with E-state index in [0.29, 0.717) is 0 Å². The highest BCUT2D eigenvalue weighted by Gasteiger charge is 2.36. The van der Waals surface area contributed by atoms with Gasteiger partial charge >= 0.3 is 0 Å². The molecule has 1 heteroatoms. The van der Waals surface area contributed by atoms with Crippen molar-refractivity contribution in [2.24, 2.45) is 0 Å². The molecule has 8 rings (SSSR count). The Balaban J connectivity index is 1.27. The van der Waals surface area contributed by atoms with E-state index in [9.17, 15) is 0 Å². The third-order valence-electron chi connectivity index (χ3n) is 10.2. The number of benzene rings is 7. The second-order valence-corrected chi connectivity index (χ2v) is 13.7. The number of aryl methyl sites for hydroxylation is 1. The fourth-order valence-corrected chi connectivity index (χ4v) is 7.58. The maximum Gasteiger partial charge on any atom is 0.0540 e. The Kier molecular flexibility index (Phi) is 7.69. The van der Waals surface area contributed by atoms with Gasteiger partial charge < -0.3 is 4.90 Å². The number of hydrogen-bond donors (Lipinski definition) is 0. The summed E-state index contributed by atoms with van der Waals surface area (Å²) in [6.07, 6.45) is 3.59. The minimum Gasteiger partial charge on any atom is -0.310 e. The monoisotopic (exact) mass is 619 g/mol. The minimum atomic E-state index is -0.129. The number of nitrogens with zero attached hydrogens (tertiary/aromatic N) is 1. The molecule has 0 heterocycles. The molecule has 0 atom stereocenters. The van der Waals surface area contributed by atoms with Gasteiger partial charge in [0.1, 0.15) is 0 Å². The van der Waals surface area contributed by atoms with Gasteiger partial charge in [-0.1, -0.05) is 142 Å². The average Bonchev–Trinajstić information content (AvgIpc) is 3.35. The molecule has 0 bridgehead atoms. The van der Waals surface area contributed by atoms with Gasteiger partial charge in [0.15, 0.2) is 0 Å². The van der Waals surface area contributed by atoms with E-state index in [1.807, 2.05) is 0 Å². The Morgan fingerprint density at radius 3 is 1.88 bits per heavy atom. The number of para-hydroxylation sites is 1. The number of unbranched alkanes of at least 4 members (excludes halogenated alkanes) is 1. The Morgan fingerprint density at radius 1 is 0.479 bits per heavy atom. The van der Waals surface area contributed by atoms with Crippen molar-refractivity contribution in [3.63, 3.8) is 0 Å². The van der Waals surface area contributed by atoms with Crippen molar-refractivity contribution in [3.8, 4) is 33.4 Å². The summed E-state index contributed by atoms with van der Waals surface area (Å²) in [5.74, 6) is 0. The van der Waals surface area contributed by atoms with Crippen molar-refractivity contribution < 1.29 is 0 Å². The van der Waals surface area contributed by atoms with Crippen LogP contribution in [0.2, 0.25) is 0 Å². The van der Waals surface area contributed by atoms with Crippen LogP contribution < -0.4 is 4.90 Å². The third-order valence-corrected chi connectivity index (χ3v) is 10.2. The molecule has 7 aromatic carbocycles. The van der Waals surface area contributed by atoms with Crippen LogP contribution in [-0.4, -0.2) is 0 Å². The van der Waals surface area contributed by atoms with E-state index in [1.165, 1.54) is 73.7 Å². The van der Waals surface area contributed by atoms with Crippen LogP contribution in [0, 0.1) is 0 Å². The molecule has 0 aromatic heterocycles. The van der Waals surface area contributed by atoms with Gasteiger partial charge in [0, 0.05) is 22.4 Å². The lowest BCUT2D eigenvalue weighted by molar-refractivity contribution is 0.661. The lowest BCUT2D eigenvalue weighted by Gasteiger charge is -2.30. The minimum absolute atomic E-state index is 0.129. The highest BCUT2D eigenvalue weighted by Crippen LogP contribution is 2.52. The maximum atomic E-state index is 2.46. The summed E-state index contributed by atoms with van der Waals surface area (Å²) in [7, 11) is 0. The van der Waals surface area contributed by atoms with Crippen LogP contribution in [0.5, 0.6) is 0 Å². The zero-order valence-electron chi connectivity index (χ0n) is 28.1. The first kappa shape index (κ1) is 30.0. The van der Waals surface area contributed by atoms with Crippen molar-refractivity contribution in [2.45, 2.75) is 45.4 Å².